The van der Waals surface area contributed by atoms with Crippen molar-refractivity contribution >= 4 is 34.5 Å². The second-order valence-corrected chi connectivity index (χ2v) is 4.90. The van der Waals surface area contributed by atoms with E-state index < -0.39 is 5.91 Å². The fourth-order valence-electron chi connectivity index (χ4n) is 1.42. The molecule has 88 valence electrons. The normalized spacial score (nSPS) is 10.2. The fraction of sp³-hybridized carbons (Fsp3) is 0.0833. The molecule has 0 aliphatic heterocycles. The summed E-state index contributed by atoms with van der Waals surface area (Å²) in [6.07, 6.45) is 0. The maximum Gasteiger partial charge on any atom is 0.248 e. The van der Waals surface area contributed by atoms with Gasteiger partial charge in [0.2, 0.25) is 5.91 Å². The first-order valence-electron chi connectivity index (χ1n) is 5.02. The van der Waals surface area contributed by atoms with Gasteiger partial charge in [-0.05, 0) is 29.6 Å². The molecular formula is C12H11ClN2OS. The Bertz CT molecular complexity index is 539. The van der Waals surface area contributed by atoms with E-state index in [1.807, 2.05) is 17.5 Å². The van der Waals surface area contributed by atoms with Gasteiger partial charge in [0.25, 0.3) is 0 Å². The van der Waals surface area contributed by atoms with Crippen molar-refractivity contribution in [1.82, 2.24) is 0 Å². The molecule has 0 radical (unpaired) electrons. The molecule has 17 heavy (non-hydrogen) atoms. The molecule has 0 bridgehead atoms. The Morgan fingerprint density at radius 1 is 1.41 bits per heavy atom. The van der Waals surface area contributed by atoms with Crippen LogP contribution in [0.5, 0.6) is 0 Å². The van der Waals surface area contributed by atoms with Crippen LogP contribution in [0.4, 0.5) is 5.69 Å². The molecule has 0 saturated carbocycles. The number of primary amides is 1. The number of carbonyl (C=O) groups is 1. The van der Waals surface area contributed by atoms with E-state index in [4.69, 9.17) is 17.3 Å². The third kappa shape index (κ3) is 2.99. The third-order valence-corrected chi connectivity index (χ3v) is 3.68. The largest absolute Gasteiger partial charge is 0.380 e. The number of anilines is 1. The molecule has 0 saturated heterocycles. The lowest BCUT2D eigenvalue weighted by atomic mass is 10.2. The van der Waals surface area contributed by atoms with Gasteiger partial charge in [-0.2, -0.15) is 0 Å². The van der Waals surface area contributed by atoms with Gasteiger partial charge in [0.05, 0.1) is 11.6 Å². The SMILES string of the molecule is NC(=O)c1cccc(NCc2sccc2Cl)c1. The maximum absolute atomic E-state index is 11.0. The standard InChI is InChI=1S/C12H11ClN2OS/c13-10-4-5-17-11(10)7-15-9-3-1-2-8(6-9)12(14)16/h1-6,15H,7H2,(H2,14,16). The molecule has 2 rings (SSSR count). The number of nitrogens with one attached hydrogen (secondary N) is 1. The van der Waals surface area contributed by atoms with E-state index in [0.29, 0.717) is 12.1 Å². The van der Waals surface area contributed by atoms with Crippen LogP contribution >= 0.6 is 22.9 Å². The highest BCUT2D eigenvalue weighted by atomic mass is 35.5. The predicted octanol–water partition coefficient (Wildman–Crippen LogP) is 3.11. The Morgan fingerprint density at radius 3 is 2.88 bits per heavy atom. The van der Waals surface area contributed by atoms with Gasteiger partial charge in [0.15, 0.2) is 0 Å². The summed E-state index contributed by atoms with van der Waals surface area (Å²) >= 11 is 7.58. The average Bonchev–Trinajstić information content (AvgIpc) is 2.72. The number of carbonyl (C=O) groups excluding carboxylic acids is 1. The Kier molecular flexibility index (Phi) is 3.66. The van der Waals surface area contributed by atoms with Gasteiger partial charge in [0, 0.05) is 16.1 Å². The first kappa shape index (κ1) is 12.0. The van der Waals surface area contributed by atoms with E-state index >= 15 is 0 Å². The van der Waals surface area contributed by atoms with Gasteiger partial charge in [-0.25, -0.2) is 0 Å². The van der Waals surface area contributed by atoms with Gasteiger partial charge in [-0.15, -0.1) is 11.3 Å². The minimum absolute atomic E-state index is 0.428. The highest BCUT2D eigenvalue weighted by Crippen LogP contribution is 2.23. The molecule has 1 aromatic heterocycles. The molecule has 3 nitrogen and oxygen atoms in total. The van der Waals surface area contributed by atoms with E-state index in [1.54, 1.807) is 29.5 Å². The van der Waals surface area contributed by atoms with Crippen molar-refractivity contribution in [2.75, 3.05) is 5.32 Å². The van der Waals surface area contributed by atoms with Crippen molar-refractivity contribution in [2.24, 2.45) is 5.73 Å². The summed E-state index contributed by atoms with van der Waals surface area (Å²) in [7, 11) is 0. The van der Waals surface area contributed by atoms with Crippen molar-refractivity contribution < 1.29 is 4.79 Å². The maximum atomic E-state index is 11.0. The predicted molar refractivity (Wildman–Crippen MR) is 71.6 cm³/mol. The Hall–Kier alpha value is -1.52. The van der Waals surface area contributed by atoms with Crippen LogP contribution < -0.4 is 11.1 Å². The molecule has 1 amide bonds. The van der Waals surface area contributed by atoms with Gasteiger partial charge >= 0.3 is 0 Å². The molecule has 0 aliphatic carbocycles. The molecule has 1 heterocycles. The molecule has 0 fully saturated rings. The van der Waals surface area contributed by atoms with Crippen LogP contribution in [0, 0.1) is 0 Å². The van der Waals surface area contributed by atoms with Crippen LogP contribution in [0.1, 0.15) is 15.2 Å². The monoisotopic (exact) mass is 266 g/mol. The van der Waals surface area contributed by atoms with Crippen LogP contribution in [0.25, 0.3) is 0 Å². The fourth-order valence-corrected chi connectivity index (χ4v) is 2.46. The summed E-state index contributed by atoms with van der Waals surface area (Å²) in [6.45, 7) is 0.638. The zero-order valence-electron chi connectivity index (χ0n) is 8.94. The summed E-state index contributed by atoms with van der Waals surface area (Å²) in [5.41, 5.74) is 6.56. The van der Waals surface area contributed by atoms with E-state index in [1.165, 1.54) is 0 Å². The summed E-state index contributed by atoms with van der Waals surface area (Å²) in [4.78, 5) is 12.1. The van der Waals surface area contributed by atoms with Crippen LogP contribution in [-0.2, 0) is 6.54 Å². The van der Waals surface area contributed by atoms with E-state index in [2.05, 4.69) is 5.32 Å². The third-order valence-electron chi connectivity index (χ3n) is 2.29. The lowest BCUT2D eigenvalue weighted by molar-refractivity contribution is 0.100. The molecule has 5 heteroatoms. The molecule has 1 aromatic carbocycles. The van der Waals surface area contributed by atoms with E-state index in [-0.39, 0.29) is 0 Å². The number of amides is 1. The first-order valence-corrected chi connectivity index (χ1v) is 6.28. The quantitative estimate of drug-likeness (QED) is 0.893. The van der Waals surface area contributed by atoms with Crippen molar-refractivity contribution in [2.45, 2.75) is 6.54 Å². The second kappa shape index (κ2) is 5.21. The number of rotatable bonds is 4. The highest BCUT2D eigenvalue weighted by Gasteiger charge is 2.03. The lowest BCUT2D eigenvalue weighted by Gasteiger charge is -2.06. The van der Waals surface area contributed by atoms with Crippen molar-refractivity contribution in [3.8, 4) is 0 Å². The second-order valence-electron chi connectivity index (χ2n) is 3.49. The molecule has 0 unspecified atom stereocenters. The molecule has 0 atom stereocenters. The molecule has 0 aliphatic rings. The molecular weight excluding hydrogens is 256 g/mol. The Labute approximate surface area is 108 Å². The first-order chi connectivity index (χ1) is 8.16. The summed E-state index contributed by atoms with van der Waals surface area (Å²) < 4.78 is 0. The highest BCUT2D eigenvalue weighted by molar-refractivity contribution is 7.10. The zero-order chi connectivity index (χ0) is 12.3. The number of benzene rings is 1. The van der Waals surface area contributed by atoms with E-state index in [9.17, 15) is 4.79 Å². The molecule has 3 N–H and O–H groups in total. The summed E-state index contributed by atoms with van der Waals surface area (Å²) in [5.74, 6) is -0.428. The minimum Gasteiger partial charge on any atom is -0.380 e. The number of nitrogens with two attached hydrogens (primary N) is 1. The Balaban J connectivity index is 2.07. The number of hydrogen-bond donors (Lipinski definition) is 2. The zero-order valence-corrected chi connectivity index (χ0v) is 10.5. The van der Waals surface area contributed by atoms with Crippen LogP contribution in [0.2, 0.25) is 5.02 Å². The van der Waals surface area contributed by atoms with Crippen LogP contribution in [0.15, 0.2) is 35.7 Å². The smallest absolute Gasteiger partial charge is 0.248 e. The van der Waals surface area contributed by atoms with Crippen molar-refractivity contribution in [1.29, 1.82) is 0 Å². The minimum atomic E-state index is -0.428. The Morgan fingerprint density at radius 2 is 2.24 bits per heavy atom. The van der Waals surface area contributed by atoms with Crippen LogP contribution in [-0.4, -0.2) is 5.91 Å². The molecule has 0 spiro atoms. The van der Waals surface area contributed by atoms with Gasteiger partial charge in [-0.1, -0.05) is 17.7 Å². The van der Waals surface area contributed by atoms with Gasteiger partial charge in [0.1, 0.15) is 0 Å². The number of hydrogen-bond acceptors (Lipinski definition) is 3. The van der Waals surface area contributed by atoms with Gasteiger partial charge < -0.3 is 11.1 Å². The topological polar surface area (TPSA) is 55.1 Å². The lowest BCUT2D eigenvalue weighted by Crippen LogP contribution is -2.11. The summed E-state index contributed by atoms with van der Waals surface area (Å²) in [5, 5.41) is 5.90. The van der Waals surface area contributed by atoms with Crippen molar-refractivity contribution in [3.63, 3.8) is 0 Å². The number of halogens is 1. The van der Waals surface area contributed by atoms with Crippen LogP contribution in [0.3, 0.4) is 0 Å². The summed E-state index contributed by atoms with van der Waals surface area (Å²) in [6, 6.07) is 8.95. The van der Waals surface area contributed by atoms with Gasteiger partial charge in [-0.3, -0.25) is 4.79 Å². The van der Waals surface area contributed by atoms with Crippen molar-refractivity contribution in [3.05, 3.63) is 51.2 Å². The number of thiophene rings is 1. The van der Waals surface area contributed by atoms with E-state index in [0.717, 1.165) is 15.6 Å². The average molecular weight is 267 g/mol. The molecule has 2 aromatic rings.